The molecule has 8 nitrogen and oxygen atoms in total. The second-order valence-corrected chi connectivity index (χ2v) is 7.37. The third-order valence-electron chi connectivity index (χ3n) is 5.42. The minimum Gasteiger partial charge on any atom is -0.359 e. The van der Waals surface area contributed by atoms with E-state index in [0.29, 0.717) is 17.7 Å². The van der Waals surface area contributed by atoms with Crippen molar-refractivity contribution in [1.29, 1.82) is 0 Å². The SMILES string of the molecule is Cc1cc(N(C)C[C@@H]2CCCN(C)[C@H]2c2cncn2C)n2ncnc2n1. The number of piperidine rings is 1. The van der Waals surface area contributed by atoms with Crippen LogP contribution in [-0.4, -0.2) is 61.2 Å². The summed E-state index contributed by atoms with van der Waals surface area (Å²) in [6.45, 7) is 4.06. The Balaban J connectivity index is 1.63. The van der Waals surface area contributed by atoms with Gasteiger partial charge in [0.15, 0.2) is 0 Å². The highest BCUT2D eigenvalue weighted by Crippen LogP contribution is 2.35. The third-order valence-corrected chi connectivity index (χ3v) is 5.42. The topological polar surface area (TPSA) is 67.4 Å². The first-order valence-corrected chi connectivity index (χ1v) is 9.09. The maximum Gasteiger partial charge on any atom is 0.254 e. The average Bonchev–Trinajstić information content (AvgIpc) is 3.23. The standard InChI is InChI=1S/C18H26N8/c1-13-8-16(26-18(22-13)20-11-21-26)24(3)10-14-6-5-7-23(2)17(14)15-9-19-12-25(15)4/h8-9,11-12,14,17H,5-7,10H2,1-4H3/t14-,17+/m0/s1. The molecule has 1 aliphatic rings. The zero-order valence-corrected chi connectivity index (χ0v) is 15.9. The van der Waals surface area contributed by atoms with Crippen molar-refractivity contribution in [2.75, 3.05) is 32.1 Å². The summed E-state index contributed by atoms with van der Waals surface area (Å²) in [6.07, 6.45) is 7.88. The van der Waals surface area contributed by atoms with E-state index in [4.69, 9.17) is 0 Å². The molecule has 3 aromatic rings. The van der Waals surface area contributed by atoms with Crippen LogP contribution in [0.3, 0.4) is 0 Å². The number of aromatic nitrogens is 6. The van der Waals surface area contributed by atoms with Crippen LogP contribution < -0.4 is 4.90 Å². The summed E-state index contributed by atoms with van der Waals surface area (Å²) in [5.41, 5.74) is 2.23. The predicted octanol–water partition coefficient (Wildman–Crippen LogP) is 1.69. The molecule has 4 heterocycles. The highest BCUT2D eigenvalue weighted by Gasteiger charge is 2.33. The molecule has 26 heavy (non-hydrogen) atoms. The van der Waals surface area contributed by atoms with E-state index in [1.165, 1.54) is 18.5 Å². The van der Waals surface area contributed by atoms with Gasteiger partial charge in [0.25, 0.3) is 5.78 Å². The molecule has 1 saturated heterocycles. The van der Waals surface area contributed by atoms with Crippen LogP contribution in [0.2, 0.25) is 0 Å². The monoisotopic (exact) mass is 354 g/mol. The fraction of sp³-hybridized carbons (Fsp3) is 0.556. The van der Waals surface area contributed by atoms with E-state index < -0.39 is 0 Å². The molecule has 0 radical (unpaired) electrons. The minimum atomic E-state index is 0.368. The van der Waals surface area contributed by atoms with Gasteiger partial charge >= 0.3 is 0 Å². The normalized spacial score (nSPS) is 21.4. The van der Waals surface area contributed by atoms with Crippen LogP contribution in [0.25, 0.3) is 5.78 Å². The molecule has 1 aliphatic heterocycles. The highest BCUT2D eigenvalue weighted by atomic mass is 15.4. The van der Waals surface area contributed by atoms with Crippen LogP contribution >= 0.6 is 0 Å². The number of fused-ring (bicyclic) bond motifs is 1. The van der Waals surface area contributed by atoms with Crippen molar-refractivity contribution in [3.05, 3.63) is 36.3 Å². The van der Waals surface area contributed by atoms with Crippen LogP contribution in [0.1, 0.15) is 30.3 Å². The molecule has 138 valence electrons. The molecule has 0 aromatic carbocycles. The number of nitrogens with zero attached hydrogens (tertiary/aromatic N) is 8. The number of likely N-dealkylation sites (tertiary alicyclic amines) is 1. The molecule has 1 fully saturated rings. The van der Waals surface area contributed by atoms with Gasteiger partial charge < -0.3 is 9.47 Å². The zero-order chi connectivity index (χ0) is 18.3. The number of hydrogen-bond acceptors (Lipinski definition) is 6. The maximum atomic E-state index is 4.45. The van der Waals surface area contributed by atoms with E-state index in [2.05, 4.69) is 61.6 Å². The summed E-state index contributed by atoms with van der Waals surface area (Å²) in [4.78, 5) is 17.8. The highest BCUT2D eigenvalue weighted by molar-refractivity contribution is 5.46. The van der Waals surface area contributed by atoms with Crippen molar-refractivity contribution >= 4 is 11.6 Å². The van der Waals surface area contributed by atoms with Gasteiger partial charge in [-0.25, -0.2) is 9.97 Å². The number of imidazole rings is 1. The largest absolute Gasteiger partial charge is 0.359 e. The van der Waals surface area contributed by atoms with Gasteiger partial charge in [-0.05, 0) is 39.3 Å². The average molecular weight is 354 g/mol. The lowest BCUT2D eigenvalue weighted by atomic mass is 9.87. The Morgan fingerprint density at radius 1 is 1.31 bits per heavy atom. The number of aryl methyl sites for hydroxylation is 2. The van der Waals surface area contributed by atoms with Crippen molar-refractivity contribution in [2.45, 2.75) is 25.8 Å². The lowest BCUT2D eigenvalue weighted by Gasteiger charge is -2.41. The van der Waals surface area contributed by atoms with E-state index in [0.717, 1.165) is 24.6 Å². The lowest BCUT2D eigenvalue weighted by Crippen LogP contribution is -2.42. The molecule has 0 bridgehead atoms. The van der Waals surface area contributed by atoms with Crippen molar-refractivity contribution in [1.82, 2.24) is 34.0 Å². The smallest absolute Gasteiger partial charge is 0.254 e. The fourth-order valence-electron chi connectivity index (χ4n) is 4.20. The first-order valence-electron chi connectivity index (χ1n) is 9.09. The Morgan fingerprint density at radius 3 is 2.92 bits per heavy atom. The van der Waals surface area contributed by atoms with Crippen LogP contribution in [0.5, 0.6) is 0 Å². The third kappa shape index (κ3) is 2.94. The molecule has 0 N–H and O–H groups in total. The Hall–Kier alpha value is -2.48. The van der Waals surface area contributed by atoms with Crippen LogP contribution in [-0.2, 0) is 7.05 Å². The van der Waals surface area contributed by atoms with Gasteiger partial charge in [-0.1, -0.05) is 0 Å². The summed E-state index contributed by atoms with van der Waals surface area (Å²) < 4.78 is 3.96. The van der Waals surface area contributed by atoms with E-state index in [9.17, 15) is 0 Å². The summed E-state index contributed by atoms with van der Waals surface area (Å²) >= 11 is 0. The van der Waals surface area contributed by atoms with Gasteiger partial charge in [0.1, 0.15) is 12.1 Å². The Bertz CT molecular complexity index is 898. The predicted molar refractivity (Wildman–Crippen MR) is 100 cm³/mol. The summed E-state index contributed by atoms with van der Waals surface area (Å²) in [7, 11) is 6.43. The van der Waals surface area contributed by atoms with Gasteiger partial charge in [0.05, 0.1) is 18.1 Å². The van der Waals surface area contributed by atoms with Crippen LogP contribution in [0.4, 0.5) is 5.82 Å². The van der Waals surface area contributed by atoms with Crippen molar-refractivity contribution in [3.8, 4) is 0 Å². The molecular weight excluding hydrogens is 328 g/mol. The van der Waals surface area contributed by atoms with Crippen molar-refractivity contribution in [3.63, 3.8) is 0 Å². The summed E-state index contributed by atoms with van der Waals surface area (Å²) in [6, 6.07) is 2.45. The van der Waals surface area contributed by atoms with E-state index >= 15 is 0 Å². The molecule has 3 aromatic heterocycles. The molecule has 4 rings (SSSR count). The summed E-state index contributed by atoms with van der Waals surface area (Å²) in [5.74, 6) is 2.19. The second kappa shape index (κ2) is 6.68. The Labute approximate surface area is 153 Å². The maximum absolute atomic E-state index is 4.45. The van der Waals surface area contributed by atoms with Crippen LogP contribution in [0.15, 0.2) is 24.9 Å². The van der Waals surface area contributed by atoms with E-state index in [-0.39, 0.29) is 0 Å². The van der Waals surface area contributed by atoms with E-state index in [1.54, 1.807) is 6.33 Å². The summed E-state index contributed by atoms with van der Waals surface area (Å²) in [5, 5.41) is 4.35. The Morgan fingerprint density at radius 2 is 2.15 bits per heavy atom. The van der Waals surface area contributed by atoms with Gasteiger partial charge in [0, 0.05) is 38.6 Å². The zero-order valence-electron chi connectivity index (χ0n) is 15.9. The molecule has 0 saturated carbocycles. The Kier molecular flexibility index (Phi) is 4.36. The molecule has 0 amide bonds. The first-order chi connectivity index (χ1) is 12.5. The molecule has 8 heteroatoms. The molecule has 0 spiro atoms. The lowest BCUT2D eigenvalue weighted by molar-refractivity contribution is 0.118. The van der Waals surface area contributed by atoms with E-state index in [1.807, 2.05) is 24.0 Å². The quantitative estimate of drug-likeness (QED) is 0.710. The number of anilines is 1. The van der Waals surface area contributed by atoms with Gasteiger partial charge in [-0.2, -0.15) is 14.6 Å². The first kappa shape index (κ1) is 17.0. The molecule has 2 atom stereocenters. The van der Waals surface area contributed by atoms with Crippen LogP contribution in [0, 0.1) is 12.8 Å². The molecule has 0 unspecified atom stereocenters. The van der Waals surface area contributed by atoms with Gasteiger partial charge in [-0.3, -0.25) is 4.90 Å². The fourth-order valence-corrected chi connectivity index (χ4v) is 4.20. The molecule has 0 aliphatic carbocycles. The van der Waals surface area contributed by atoms with Crippen molar-refractivity contribution in [2.24, 2.45) is 13.0 Å². The minimum absolute atomic E-state index is 0.368. The molecular formula is C18H26N8. The number of hydrogen-bond donors (Lipinski definition) is 0. The van der Waals surface area contributed by atoms with Gasteiger partial charge in [-0.15, -0.1) is 0 Å². The van der Waals surface area contributed by atoms with Gasteiger partial charge in [0.2, 0.25) is 0 Å². The second-order valence-electron chi connectivity index (χ2n) is 7.37. The van der Waals surface area contributed by atoms with Crippen molar-refractivity contribution < 1.29 is 0 Å². The number of rotatable bonds is 4.